The zero-order chi connectivity index (χ0) is 25.4. The quantitative estimate of drug-likeness (QED) is 0.305. The van der Waals surface area contributed by atoms with E-state index in [1.165, 1.54) is 24.3 Å². The summed E-state index contributed by atoms with van der Waals surface area (Å²) in [5.41, 5.74) is 3.10. The maximum absolute atomic E-state index is 12.9. The van der Waals surface area contributed by atoms with E-state index in [0.717, 1.165) is 20.5 Å². The number of nitrogens with zero attached hydrogens (tertiary/aromatic N) is 1. The van der Waals surface area contributed by atoms with Crippen LogP contribution in [-0.4, -0.2) is 41.1 Å². The fraction of sp³-hybridized carbons (Fsp3) is 0.360. The van der Waals surface area contributed by atoms with Gasteiger partial charge in [0.15, 0.2) is 6.61 Å². The van der Waals surface area contributed by atoms with Gasteiger partial charge in [0.2, 0.25) is 11.8 Å². The van der Waals surface area contributed by atoms with E-state index >= 15 is 0 Å². The summed E-state index contributed by atoms with van der Waals surface area (Å²) >= 11 is 15.9. The van der Waals surface area contributed by atoms with E-state index in [4.69, 9.17) is 27.9 Å². The molecule has 1 saturated heterocycles. The lowest BCUT2D eigenvalue weighted by Crippen LogP contribution is -2.34. The Morgan fingerprint density at radius 1 is 0.971 bits per heavy atom. The zero-order valence-electron chi connectivity index (χ0n) is 19.0. The standard InChI is InChI=1S/C25H23BrCl2N2O5/c1-12-13(2)21(8-7-18(12)26)29-22(31)11-35-25(34)14-3-5-15(6-4-14)30-23(32)16-9-19(27)20(28)10-17(16)24(30)33/h3-8,16-17,19-20H,9-11H2,1-2H3,(H,29,31)/t16-,17-,19-,20+/m1/s1. The van der Waals surface area contributed by atoms with Crippen LogP contribution in [0.15, 0.2) is 40.9 Å². The Morgan fingerprint density at radius 2 is 1.54 bits per heavy atom. The second-order valence-corrected chi connectivity index (χ2v) is 10.7. The number of alkyl halides is 2. The Kier molecular flexibility index (Phi) is 7.54. The second kappa shape index (κ2) is 10.3. The first-order valence-corrected chi connectivity index (χ1v) is 12.7. The highest BCUT2D eigenvalue weighted by molar-refractivity contribution is 9.10. The fourth-order valence-corrected chi connectivity index (χ4v) is 5.44. The minimum atomic E-state index is -0.696. The number of hydrogen-bond donors (Lipinski definition) is 1. The van der Waals surface area contributed by atoms with Crippen molar-refractivity contribution in [3.63, 3.8) is 0 Å². The monoisotopic (exact) mass is 580 g/mol. The van der Waals surface area contributed by atoms with Crippen molar-refractivity contribution in [2.45, 2.75) is 37.4 Å². The van der Waals surface area contributed by atoms with Crippen LogP contribution >= 0.6 is 39.1 Å². The molecule has 3 amide bonds. The second-order valence-electron chi connectivity index (χ2n) is 8.74. The molecule has 184 valence electrons. The van der Waals surface area contributed by atoms with Crippen LogP contribution in [0, 0.1) is 25.7 Å². The molecule has 1 aliphatic heterocycles. The highest BCUT2D eigenvalue weighted by Crippen LogP contribution is 2.43. The highest BCUT2D eigenvalue weighted by atomic mass is 79.9. The lowest BCUT2D eigenvalue weighted by Gasteiger charge is -2.28. The summed E-state index contributed by atoms with van der Waals surface area (Å²) in [6, 6.07) is 9.52. The van der Waals surface area contributed by atoms with Gasteiger partial charge in [0.05, 0.1) is 33.8 Å². The summed E-state index contributed by atoms with van der Waals surface area (Å²) in [7, 11) is 0. The van der Waals surface area contributed by atoms with Gasteiger partial charge in [-0.15, -0.1) is 23.2 Å². The predicted molar refractivity (Wildman–Crippen MR) is 137 cm³/mol. The number of hydrogen-bond acceptors (Lipinski definition) is 5. The van der Waals surface area contributed by atoms with E-state index in [1.54, 1.807) is 6.07 Å². The number of carbonyl (C=O) groups is 4. The van der Waals surface area contributed by atoms with Crippen molar-refractivity contribution in [3.05, 3.63) is 57.6 Å². The first-order valence-electron chi connectivity index (χ1n) is 11.1. The lowest BCUT2D eigenvalue weighted by molar-refractivity contribution is -0.122. The first-order chi connectivity index (χ1) is 16.6. The van der Waals surface area contributed by atoms with Crippen LogP contribution in [0.3, 0.4) is 0 Å². The number of imide groups is 1. The molecule has 0 spiro atoms. The molecule has 2 aliphatic rings. The van der Waals surface area contributed by atoms with E-state index in [9.17, 15) is 19.2 Å². The van der Waals surface area contributed by atoms with Gasteiger partial charge >= 0.3 is 5.97 Å². The molecule has 0 unspecified atom stereocenters. The van der Waals surface area contributed by atoms with Crippen molar-refractivity contribution < 1.29 is 23.9 Å². The summed E-state index contributed by atoms with van der Waals surface area (Å²) in [4.78, 5) is 51.6. The molecule has 1 saturated carbocycles. The van der Waals surface area contributed by atoms with Crippen molar-refractivity contribution in [1.82, 2.24) is 0 Å². The van der Waals surface area contributed by atoms with E-state index < -0.39 is 30.3 Å². The van der Waals surface area contributed by atoms with Crippen LogP contribution in [0.25, 0.3) is 0 Å². The molecule has 7 nitrogen and oxygen atoms in total. The number of rotatable bonds is 5. The zero-order valence-corrected chi connectivity index (χ0v) is 22.1. The number of ether oxygens (including phenoxy) is 1. The Morgan fingerprint density at radius 3 is 2.11 bits per heavy atom. The summed E-state index contributed by atoms with van der Waals surface area (Å²) < 4.78 is 6.06. The molecule has 2 aromatic rings. The molecule has 1 N–H and O–H groups in total. The van der Waals surface area contributed by atoms with Crippen molar-refractivity contribution in [3.8, 4) is 0 Å². The average molecular weight is 582 g/mol. The van der Waals surface area contributed by atoms with Crippen LogP contribution in [0.1, 0.15) is 34.3 Å². The number of esters is 1. The molecule has 2 fully saturated rings. The van der Waals surface area contributed by atoms with E-state index in [2.05, 4.69) is 21.2 Å². The number of amides is 3. The Bertz CT molecular complexity index is 1180. The van der Waals surface area contributed by atoms with Gasteiger partial charge in [-0.2, -0.15) is 0 Å². The number of nitrogens with one attached hydrogen (secondary N) is 1. The molecule has 35 heavy (non-hydrogen) atoms. The molecule has 10 heteroatoms. The fourth-order valence-electron chi connectivity index (χ4n) is 4.42. The Hall–Kier alpha value is -2.42. The maximum Gasteiger partial charge on any atom is 0.338 e. The van der Waals surface area contributed by atoms with Gasteiger partial charge in [-0.1, -0.05) is 15.9 Å². The number of benzene rings is 2. The minimum Gasteiger partial charge on any atom is -0.452 e. The largest absolute Gasteiger partial charge is 0.452 e. The molecular weight excluding hydrogens is 559 g/mol. The van der Waals surface area contributed by atoms with Crippen molar-refractivity contribution >= 4 is 74.2 Å². The van der Waals surface area contributed by atoms with Crippen molar-refractivity contribution in [1.29, 1.82) is 0 Å². The van der Waals surface area contributed by atoms with Crippen molar-refractivity contribution in [2.24, 2.45) is 11.8 Å². The topological polar surface area (TPSA) is 92.8 Å². The minimum absolute atomic E-state index is 0.190. The normalized spacial score (nSPS) is 23.7. The molecule has 1 heterocycles. The summed E-state index contributed by atoms with van der Waals surface area (Å²) in [6.45, 7) is 3.36. The van der Waals surface area contributed by atoms with Gasteiger partial charge in [-0.25, -0.2) is 4.79 Å². The first kappa shape index (κ1) is 25.7. The van der Waals surface area contributed by atoms with Gasteiger partial charge < -0.3 is 10.1 Å². The third-order valence-electron chi connectivity index (χ3n) is 6.60. The molecule has 0 aromatic heterocycles. The van der Waals surface area contributed by atoms with E-state index in [0.29, 0.717) is 24.2 Å². The molecule has 1 aliphatic carbocycles. The van der Waals surface area contributed by atoms with Crippen molar-refractivity contribution in [2.75, 3.05) is 16.8 Å². The van der Waals surface area contributed by atoms with Crippen LogP contribution in [0.4, 0.5) is 11.4 Å². The molecule has 0 bridgehead atoms. The summed E-state index contributed by atoms with van der Waals surface area (Å²) in [5, 5.41) is 2.01. The van der Waals surface area contributed by atoms with Crippen LogP contribution in [-0.2, 0) is 19.1 Å². The number of halogens is 3. The number of fused-ring (bicyclic) bond motifs is 1. The molecule has 0 radical (unpaired) electrons. The van der Waals surface area contributed by atoms with Crippen LogP contribution < -0.4 is 10.2 Å². The molecule has 2 aromatic carbocycles. The molecular formula is C25H23BrCl2N2O5. The summed E-state index contributed by atoms with van der Waals surface area (Å²) in [6.07, 6.45) is 0.709. The maximum atomic E-state index is 12.9. The van der Waals surface area contributed by atoms with E-state index in [-0.39, 0.29) is 28.1 Å². The van der Waals surface area contributed by atoms with E-state index in [1.807, 2.05) is 19.9 Å². The number of anilines is 2. The molecule has 4 rings (SSSR count). The van der Waals surface area contributed by atoms with Gasteiger partial charge in [0.25, 0.3) is 5.91 Å². The van der Waals surface area contributed by atoms with Gasteiger partial charge in [-0.3, -0.25) is 19.3 Å². The number of carbonyl (C=O) groups excluding carboxylic acids is 4. The van der Waals surface area contributed by atoms with Gasteiger partial charge in [0.1, 0.15) is 0 Å². The smallest absolute Gasteiger partial charge is 0.338 e. The average Bonchev–Trinajstić information content (AvgIpc) is 3.07. The van der Waals surface area contributed by atoms with Gasteiger partial charge in [0, 0.05) is 10.2 Å². The van der Waals surface area contributed by atoms with Gasteiger partial charge in [-0.05, 0) is 74.2 Å². The van der Waals surface area contributed by atoms with Crippen LogP contribution in [0.5, 0.6) is 0 Å². The third kappa shape index (κ3) is 5.10. The highest BCUT2D eigenvalue weighted by Gasteiger charge is 2.52. The summed E-state index contributed by atoms with van der Waals surface area (Å²) in [5.74, 6) is -2.74. The van der Waals surface area contributed by atoms with Crippen LogP contribution in [0.2, 0.25) is 0 Å². The molecule has 4 atom stereocenters. The third-order valence-corrected chi connectivity index (χ3v) is 8.55. The lowest BCUT2D eigenvalue weighted by atomic mass is 9.80. The SMILES string of the molecule is Cc1c(Br)ccc(NC(=O)COC(=O)c2ccc(N3C(=O)[C@@H]4C[C@@H](Cl)[C@@H](Cl)C[C@H]4C3=O)cc2)c1C. The Balaban J connectivity index is 1.37. The Labute approximate surface area is 221 Å². The predicted octanol–water partition coefficient (Wildman–Crippen LogP) is 4.98.